The summed E-state index contributed by atoms with van der Waals surface area (Å²) in [6.45, 7) is 3.38. The molecule has 0 radical (unpaired) electrons. The Kier molecular flexibility index (Phi) is 7.39. The number of amides is 1. The second kappa shape index (κ2) is 12.0. The van der Waals surface area contributed by atoms with E-state index >= 15 is 0 Å². The van der Waals surface area contributed by atoms with Gasteiger partial charge in [0.15, 0.2) is 5.78 Å². The average Bonchev–Trinajstić information content (AvgIpc) is 3.68. The van der Waals surface area contributed by atoms with Crippen LogP contribution in [0.2, 0.25) is 0 Å². The van der Waals surface area contributed by atoms with Crippen molar-refractivity contribution in [2.45, 2.75) is 36.5 Å². The number of ketones is 1. The van der Waals surface area contributed by atoms with E-state index in [0.29, 0.717) is 29.1 Å². The van der Waals surface area contributed by atoms with Gasteiger partial charge in [0.25, 0.3) is 5.91 Å². The van der Waals surface area contributed by atoms with Crippen LogP contribution in [0.5, 0.6) is 0 Å². The fourth-order valence-corrected chi connectivity index (χ4v) is 9.42. The number of ether oxygens (including phenoxy) is 1. The van der Waals surface area contributed by atoms with Crippen molar-refractivity contribution >= 4 is 56.6 Å². The van der Waals surface area contributed by atoms with Gasteiger partial charge in [0.2, 0.25) is 0 Å². The van der Waals surface area contributed by atoms with Crippen molar-refractivity contribution in [3.8, 4) is 0 Å². The number of benzene rings is 2. The summed E-state index contributed by atoms with van der Waals surface area (Å²) in [6, 6.07) is 18.4. The number of imidazole rings is 1. The van der Waals surface area contributed by atoms with E-state index in [4.69, 9.17) is 14.7 Å². The molecule has 2 aromatic carbocycles. The van der Waals surface area contributed by atoms with Gasteiger partial charge >= 0.3 is 0 Å². The van der Waals surface area contributed by atoms with Crippen molar-refractivity contribution in [2.75, 3.05) is 36.5 Å². The van der Waals surface area contributed by atoms with Crippen molar-refractivity contribution in [1.82, 2.24) is 15.0 Å². The largest absolute Gasteiger partial charge is 0.381 e. The Balaban J connectivity index is 0.892. The third-order valence-electron chi connectivity index (χ3n) is 10.6. The summed E-state index contributed by atoms with van der Waals surface area (Å²) in [5.74, 6) is 1.55. The van der Waals surface area contributed by atoms with Crippen LogP contribution in [0.1, 0.15) is 52.2 Å². The van der Waals surface area contributed by atoms with Crippen LogP contribution in [0, 0.1) is 11.3 Å². The first-order valence-electron chi connectivity index (χ1n) is 17.0. The minimum absolute atomic E-state index is 0.00990. The molecule has 0 bridgehead atoms. The normalized spacial score (nSPS) is 25.2. The summed E-state index contributed by atoms with van der Waals surface area (Å²) in [7, 11) is 0. The number of aromatic nitrogens is 3. The molecule has 4 aliphatic heterocycles. The molecule has 2 aromatic heterocycles. The first-order chi connectivity index (χ1) is 24.0. The van der Waals surface area contributed by atoms with Crippen LogP contribution < -0.4 is 10.2 Å². The Bertz CT molecular complexity index is 2050. The molecule has 6 heterocycles. The molecule has 10 heteroatoms. The van der Waals surface area contributed by atoms with E-state index in [1.807, 2.05) is 36.4 Å². The quantitative estimate of drug-likeness (QED) is 0.216. The second-order valence-electron chi connectivity index (χ2n) is 13.7. The zero-order valence-electron chi connectivity index (χ0n) is 27.0. The number of carbonyl (C=O) groups excluding carboxylic acids is 2. The molecule has 2 spiro atoms. The Morgan fingerprint density at radius 2 is 1.82 bits per heavy atom. The zero-order chi connectivity index (χ0) is 33.0. The Morgan fingerprint density at radius 3 is 2.65 bits per heavy atom. The maximum Gasteiger partial charge on any atom is 0.259 e. The predicted octanol–water partition coefficient (Wildman–Crippen LogP) is 6.88. The Hall–Kier alpha value is -4.80. The number of anilines is 2. The third-order valence-corrected chi connectivity index (χ3v) is 12.2. The van der Waals surface area contributed by atoms with Gasteiger partial charge < -0.3 is 19.9 Å². The van der Waals surface area contributed by atoms with Gasteiger partial charge in [-0.1, -0.05) is 36.4 Å². The molecule has 1 amide bonds. The summed E-state index contributed by atoms with van der Waals surface area (Å²) in [6.07, 6.45) is 16.0. The maximum atomic E-state index is 13.9. The van der Waals surface area contributed by atoms with Gasteiger partial charge in [0, 0.05) is 60.0 Å². The molecule has 0 saturated carbocycles. The van der Waals surface area contributed by atoms with Crippen LogP contribution in [0.15, 0.2) is 102 Å². The van der Waals surface area contributed by atoms with Crippen LogP contribution >= 0.6 is 11.8 Å². The van der Waals surface area contributed by atoms with Crippen molar-refractivity contribution in [3.63, 3.8) is 0 Å². The number of aromatic amines is 1. The molecule has 2 fully saturated rings. The Morgan fingerprint density at radius 1 is 0.980 bits per heavy atom. The molecule has 49 heavy (non-hydrogen) atoms. The lowest BCUT2D eigenvalue weighted by Crippen LogP contribution is -2.59. The predicted molar refractivity (Wildman–Crippen MR) is 194 cm³/mol. The number of thioether (sulfide) groups is 1. The first-order valence-corrected chi connectivity index (χ1v) is 17.8. The van der Waals surface area contributed by atoms with E-state index in [1.165, 1.54) is 0 Å². The Labute approximate surface area is 288 Å². The molecular weight excluding hydrogens is 633 g/mol. The van der Waals surface area contributed by atoms with Gasteiger partial charge in [0.1, 0.15) is 17.7 Å². The molecule has 2 N–H and O–H groups in total. The second-order valence-corrected chi connectivity index (χ2v) is 15.0. The lowest BCUT2D eigenvalue weighted by atomic mass is 9.73. The van der Waals surface area contributed by atoms with Gasteiger partial charge in [-0.05, 0) is 80.3 Å². The number of Topliss-reactive ketones (excluding diaryl/α,β-unsaturated/α-hetero) is 1. The number of hydrogen-bond acceptors (Lipinski definition) is 8. The summed E-state index contributed by atoms with van der Waals surface area (Å²) in [5, 5.41) is 3.02. The van der Waals surface area contributed by atoms with Crippen molar-refractivity contribution in [1.29, 1.82) is 0 Å². The van der Waals surface area contributed by atoms with Gasteiger partial charge in [-0.2, -0.15) is 0 Å². The summed E-state index contributed by atoms with van der Waals surface area (Å²) in [5.41, 5.74) is 4.91. The van der Waals surface area contributed by atoms with E-state index in [-0.39, 0.29) is 27.8 Å². The van der Waals surface area contributed by atoms with Crippen LogP contribution in [-0.4, -0.2) is 69.4 Å². The molecule has 246 valence electrons. The number of H-pyrrole nitrogens is 1. The van der Waals surface area contributed by atoms with Crippen molar-refractivity contribution < 1.29 is 14.3 Å². The van der Waals surface area contributed by atoms with Crippen LogP contribution in [0.3, 0.4) is 0 Å². The minimum atomic E-state index is -0.480. The molecule has 2 saturated heterocycles. The monoisotopic (exact) mass is 668 g/mol. The smallest absolute Gasteiger partial charge is 0.259 e. The summed E-state index contributed by atoms with van der Waals surface area (Å²) >= 11 is 1.77. The van der Waals surface area contributed by atoms with Crippen LogP contribution in [-0.2, 0) is 4.74 Å². The van der Waals surface area contributed by atoms with E-state index in [0.717, 1.165) is 73.0 Å². The number of carbonyl (C=O) groups is 2. The molecule has 3 unspecified atom stereocenters. The van der Waals surface area contributed by atoms with Crippen LogP contribution in [0.25, 0.3) is 15.9 Å². The molecule has 3 atom stereocenters. The lowest BCUT2D eigenvalue weighted by molar-refractivity contribution is -0.000509. The summed E-state index contributed by atoms with van der Waals surface area (Å²) < 4.78 is 5.20. The SMILES string of the molecule is O=C(Nc1ccc(C(=O)C2CCC3C=C(c4nc5ccccc5[nH]4)SC34C=CC=CC4=N2)cc1)c1cccnc1N1CC2(CCOCC2)C1. The number of pyridine rings is 1. The van der Waals surface area contributed by atoms with Gasteiger partial charge in [-0.15, -0.1) is 11.8 Å². The number of nitrogens with one attached hydrogen (secondary N) is 2. The molecule has 9 rings (SSSR count). The fourth-order valence-electron chi connectivity index (χ4n) is 7.93. The molecule has 4 aromatic rings. The minimum Gasteiger partial charge on any atom is -0.381 e. The zero-order valence-corrected chi connectivity index (χ0v) is 27.8. The molecule has 9 nitrogen and oxygen atoms in total. The van der Waals surface area contributed by atoms with E-state index in [9.17, 15) is 9.59 Å². The topological polar surface area (TPSA) is 113 Å². The van der Waals surface area contributed by atoms with Crippen LogP contribution in [0.4, 0.5) is 11.5 Å². The number of para-hydroxylation sites is 2. The number of rotatable bonds is 6. The van der Waals surface area contributed by atoms with E-state index in [1.54, 1.807) is 48.3 Å². The number of hydrogen-bond donors (Lipinski definition) is 2. The number of allylic oxidation sites excluding steroid dienone is 4. The van der Waals surface area contributed by atoms with Crippen molar-refractivity contribution in [3.05, 3.63) is 114 Å². The number of nitrogens with zero attached hydrogens (tertiary/aromatic N) is 4. The molecule has 1 aliphatic carbocycles. The molecule has 5 aliphatic rings. The van der Waals surface area contributed by atoms with Crippen molar-refractivity contribution in [2.24, 2.45) is 16.3 Å². The fraction of sp³-hybridized carbons (Fsp3) is 0.308. The van der Waals surface area contributed by atoms with Gasteiger partial charge in [-0.25, -0.2) is 9.97 Å². The summed E-state index contributed by atoms with van der Waals surface area (Å²) in [4.78, 5) is 48.6. The maximum absolute atomic E-state index is 13.9. The highest BCUT2D eigenvalue weighted by Gasteiger charge is 2.49. The van der Waals surface area contributed by atoms with Gasteiger partial charge in [-0.3, -0.25) is 14.6 Å². The first kappa shape index (κ1) is 30.3. The number of fused-ring (bicyclic) bond motifs is 1. The lowest BCUT2D eigenvalue weighted by Gasteiger charge is -2.53. The highest BCUT2D eigenvalue weighted by molar-refractivity contribution is 8.10. The molecular formula is C39H36N6O3S. The van der Waals surface area contributed by atoms with E-state index < -0.39 is 6.04 Å². The standard InChI is InChI=1S/C39H36N6O3S/c46-34(25-10-13-27(14-11-25)41-37(47)28-6-5-19-40-36(28)45-23-38(24-45)17-20-48-21-18-38)31-15-12-26-22-32(35-43-29-7-1-2-8-30(29)44-35)49-39(26)16-4-3-9-33(39)42-31/h1-11,13-14,16,19,22,26,31H,12,15,17-18,20-21,23-24H2,(H,41,47)(H,43,44). The average molecular weight is 669 g/mol. The number of aliphatic imine (C=N–C) groups is 1. The highest BCUT2D eigenvalue weighted by atomic mass is 32.2. The van der Waals surface area contributed by atoms with E-state index in [2.05, 4.69) is 44.5 Å². The third kappa shape index (κ3) is 5.34. The van der Waals surface area contributed by atoms with Gasteiger partial charge in [0.05, 0.1) is 27.1 Å². The highest BCUT2D eigenvalue weighted by Crippen LogP contribution is 2.55.